The molecule has 0 saturated carbocycles. The zero-order valence-electron chi connectivity index (χ0n) is 18.9. The van der Waals surface area contributed by atoms with E-state index in [4.69, 9.17) is 0 Å². The average molecular weight is 471 g/mol. The van der Waals surface area contributed by atoms with Crippen LogP contribution in [0.25, 0.3) is 0 Å². The van der Waals surface area contributed by atoms with E-state index >= 15 is 0 Å². The lowest BCUT2D eigenvalue weighted by molar-refractivity contribution is -0.113. The Morgan fingerprint density at radius 3 is 2.26 bits per heavy atom. The van der Waals surface area contributed by atoms with E-state index < -0.39 is 0 Å². The Morgan fingerprint density at radius 2 is 1.53 bits per heavy atom. The molecule has 0 aliphatic carbocycles. The molecular formula is C27H26N4O2S. The number of hydrogen-bond donors (Lipinski definition) is 3. The molecule has 0 atom stereocenters. The topological polar surface area (TPSA) is 86.9 Å². The summed E-state index contributed by atoms with van der Waals surface area (Å²) in [7, 11) is 0. The Labute approximate surface area is 203 Å². The second-order valence-corrected chi connectivity index (χ2v) is 8.79. The molecule has 4 rings (SSSR count). The van der Waals surface area contributed by atoms with Crippen LogP contribution in [0, 0.1) is 6.92 Å². The van der Waals surface area contributed by atoms with Gasteiger partial charge in [-0.15, -0.1) is 0 Å². The SMILES string of the molecule is Cc1[nH]c(SCC(=O)Nc2ccccc2C(=O)NCc2ccccc2)nc1Cc1ccccc1. The Kier molecular flexibility index (Phi) is 7.78. The molecule has 34 heavy (non-hydrogen) atoms. The van der Waals surface area contributed by atoms with Gasteiger partial charge in [-0.25, -0.2) is 4.98 Å². The molecule has 3 aromatic carbocycles. The second kappa shape index (κ2) is 11.3. The highest BCUT2D eigenvalue weighted by Gasteiger charge is 2.14. The molecule has 0 fully saturated rings. The summed E-state index contributed by atoms with van der Waals surface area (Å²) in [6, 6.07) is 26.9. The van der Waals surface area contributed by atoms with Crippen LogP contribution in [0.4, 0.5) is 5.69 Å². The van der Waals surface area contributed by atoms with Gasteiger partial charge in [-0.2, -0.15) is 0 Å². The van der Waals surface area contributed by atoms with Gasteiger partial charge in [0.25, 0.3) is 5.91 Å². The van der Waals surface area contributed by atoms with E-state index in [1.54, 1.807) is 24.3 Å². The minimum absolute atomic E-state index is 0.178. The fourth-order valence-corrected chi connectivity index (χ4v) is 4.22. The van der Waals surface area contributed by atoms with E-state index in [9.17, 15) is 9.59 Å². The molecule has 0 radical (unpaired) electrons. The molecule has 3 N–H and O–H groups in total. The first kappa shape index (κ1) is 23.3. The van der Waals surface area contributed by atoms with Gasteiger partial charge in [0, 0.05) is 18.7 Å². The third-order valence-electron chi connectivity index (χ3n) is 5.26. The number of anilines is 1. The third kappa shape index (κ3) is 6.36. The van der Waals surface area contributed by atoms with Gasteiger partial charge in [-0.1, -0.05) is 84.6 Å². The molecule has 0 aliphatic heterocycles. The molecule has 172 valence electrons. The molecule has 6 nitrogen and oxygen atoms in total. The van der Waals surface area contributed by atoms with E-state index in [1.807, 2.05) is 55.5 Å². The van der Waals surface area contributed by atoms with E-state index in [1.165, 1.54) is 17.3 Å². The maximum absolute atomic E-state index is 12.7. The Bertz CT molecular complexity index is 1260. The number of hydrogen-bond acceptors (Lipinski definition) is 4. The second-order valence-electron chi connectivity index (χ2n) is 7.83. The van der Waals surface area contributed by atoms with E-state index in [0.717, 1.165) is 23.4 Å². The van der Waals surface area contributed by atoms with Crippen molar-refractivity contribution in [2.24, 2.45) is 0 Å². The summed E-state index contributed by atoms with van der Waals surface area (Å²) >= 11 is 1.34. The third-order valence-corrected chi connectivity index (χ3v) is 6.13. The molecule has 4 aromatic rings. The van der Waals surface area contributed by atoms with Crippen molar-refractivity contribution in [1.29, 1.82) is 0 Å². The number of nitrogens with zero attached hydrogens (tertiary/aromatic N) is 1. The van der Waals surface area contributed by atoms with Gasteiger partial charge in [0.1, 0.15) is 0 Å². The molecule has 0 aliphatic rings. The number of aromatic nitrogens is 2. The summed E-state index contributed by atoms with van der Waals surface area (Å²) in [5, 5.41) is 6.47. The Balaban J connectivity index is 1.33. The van der Waals surface area contributed by atoms with Crippen LogP contribution >= 0.6 is 11.8 Å². The Hall–Kier alpha value is -3.84. The average Bonchev–Trinajstić information content (AvgIpc) is 3.21. The van der Waals surface area contributed by atoms with Gasteiger partial charge in [-0.3, -0.25) is 9.59 Å². The normalized spacial score (nSPS) is 10.6. The highest BCUT2D eigenvalue weighted by Crippen LogP contribution is 2.20. The summed E-state index contributed by atoms with van der Waals surface area (Å²) in [6.07, 6.45) is 0.737. The van der Waals surface area contributed by atoms with Crippen LogP contribution < -0.4 is 10.6 Å². The summed E-state index contributed by atoms with van der Waals surface area (Å²) in [4.78, 5) is 33.2. The lowest BCUT2D eigenvalue weighted by atomic mass is 10.1. The number of aromatic amines is 1. The van der Waals surface area contributed by atoms with E-state index in [-0.39, 0.29) is 17.6 Å². The van der Waals surface area contributed by atoms with Crippen molar-refractivity contribution in [3.05, 3.63) is 113 Å². The van der Waals surface area contributed by atoms with Crippen LogP contribution in [0.1, 0.15) is 32.9 Å². The number of nitrogens with one attached hydrogen (secondary N) is 3. The van der Waals surface area contributed by atoms with Crippen LogP contribution in [0.3, 0.4) is 0 Å². The number of rotatable bonds is 9. The number of amides is 2. The molecule has 1 heterocycles. The van der Waals surface area contributed by atoms with Gasteiger partial charge < -0.3 is 15.6 Å². The van der Waals surface area contributed by atoms with Gasteiger partial charge in [-0.05, 0) is 30.2 Å². The van der Waals surface area contributed by atoms with Crippen molar-refractivity contribution in [2.75, 3.05) is 11.1 Å². The molecule has 0 saturated heterocycles. The summed E-state index contributed by atoms with van der Waals surface area (Å²) in [5.41, 5.74) is 5.07. The fraction of sp³-hybridized carbons (Fsp3) is 0.148. The number of benzene rings is 3. The summed E-state index contributed by atoms with van der Waals surface area (Å²) in [5.74, 6) is -0.260. The van der Waals surface area contributed by atoms with Crippen molar-refractivity contribution < 1.29 is 9.59 Å². The van der Waals surface area contributed by atoms with Crippen molar-refractivity contribution in [3.8, 4) is 0 Å². The lowest BCUT2D eigenvalue weighted by Crippen LogP contribution is -2.25. The predicted octanol–water partition coefficient (Wildman–Crippen LogP) is 4.97. The number of thioether (sulfide) groups is 1. The van der Waals surface area contributed by atoms with Crippen LogP contribution in [0.2, 0.25) is 0 Å². The summed E-state index contributed by atoms with van der Waals surface area (Å²) in [6.45, 7) is 2.40. The standard InChI is InChI=1S/C27H26N4O2S/c1-19-24(16-20-10-4-2-5-11-20)31-27(29-19)34-18-25(32)30-23-15-9-8-14-22(23)26(33)28-17-21-12-6-3-7-13-21/h2-15H,16-18H2,1H3,(H,28,33)(H,29,31)(H,30,32). The lowest BCUT2D eigenvalue weighted by Gasteiger charge is -2.11. The number of aryl methyl sites for hydroxylation is 1. The van der Waals surface area contributed by atoms with Gasteiger partial charge >= 0.3 is 0 Å². The van der Waals surface area contributed by atoms with Crippen LogP contribution in [-0.4, -0.2) is 27.5 Å². The van der Waals surface area contributed by atoms with Gasteiger partial charge in [0.05, 0.1) is 22.7 Å². The largest absolute Gasteiger partial charge is 0.348 e. The molecule has 1 aromatic heterocycles. The first-order chi connectivity index (χ1) is 16.6. The monoisotopic (exact) mass is 470 g/mol. The Morgan fingerprint density at radius 1 is 0.882 bits per heavy atom. The quantitative estimate of drug-likeness (QED) is 0.302. The minimum Gasteiger partial charge on any atom is -0.348 e. The number of carbonyl (C=O) groups excluding carboxylic acids is 2. The van der Waals surface area contributed by atoms with Crippen molar-refractivity contribution in [3.63, 3.8) is 0 Å². The maximum atomic E-state index is 12.7. The highest BCUT2D eigenvalue weighted by atomic mass is 32.2. The van der Waals surface area contributed by atoms with E-state index in [2.05, 4.69) is 32.7 Å². The van der Waals surface area contributed by atoms with Gasteiger partial charge in [0.15, 0.2) is 5.16 Å². The van der Waals surface area contributed by atoms with Crippen molar-refractivity contribution in [1.82, 2.24) is 15.3 Å². The zero-order chi connectivity index (χ0) is 23.8. The molecule has 0 unspecified atom stereocenters. The maximum Gasteiger partial charge on any atom is 0.253 e. The van der Waals surface area contributed by atoms with Crippen LogP contribution in [-0.2, 0) is 17.8 Å². The molecule has 0 spiro atoms. The molecule has 2 amide bonds. The molecule has 0 bridgehead atoms. The summed E-state index contributed by atoms with van der Waals surface area (Å²) < 4.78 is 0. The first-order valence-electron chi connectivity index (χ1n) is 11.0. The fourth-order valence-electron chi connectivity index (χ4n) is 3.48. The molecule has 7 heteroatoms. The molecular weight excluding hydrogens is 444 g/mol. The minimum atomic E-state index is -0.236. The van der Waals surface area contributed by atoms with Crippen molar-refractivity contribution >= 4 is 29.3 Å². The number of para-hydroxylation sites is 1. The van der Waals surface area contributed by atoms with E-state index in [0.29, 0.717) is 23.0 Å². The van der Waals surface area contributed by atoms with Crippen LogP contribution in [0.15, 0.2) is 90.1 Å². The van der Waals surface area contributed by atoms with Crippen molar-refractivity contribution in [2.45, 2.75) is 25.0 Å². The zero-order valence-corrected chi connectivity index (χ0v) is 19.7. The van der Waals surface area contributed by atoms with Gasteiger partial charge in [0.2, 0.25) is 5.91 Å². The van der Waals surface area contributed by atoms with Crippen LogP contribution in [0.5, 0.6) is 0 Å². The first-order valence-corrected chi connectivity index (χ1v) is 12.0. The highest BCUT2D eigenvalue weighted by molar-refractivity contribution is 7.99. The smallest absolute Gasteiger partial charge is 0.253 e. The number of carbonyl (C=O) groups is 2. The predicted molar refractivity (Wildman–Crippen MR) is 136 cm³/mol. The number of imidazole rings is 1. The number of H-pyrrole nitrogens is 1.